The Morgan fingerprint density at radius 3 is 2.37 bits per heavy atom. The van der Waals surface area contributed by atoms with Crippen molar-refractivity contribution in [1.29, 1.82) is 0 Å². The lowest BCUT2D eigenvalue weighted by atomic mass is 9.92. The molecular weight excluding hydrogens is 558 g/mol. The van der Waals surface area contributed by atoms with Gasteiger partial charge in [-0.05, 0) is 75.3 Å². The van der Waals surface area contributed by atoms with Gasteiger partial charge in [0, 0.05) is 36.8 Å². The molecule has 1 saturated heterocycles. The van der Waals surface area contributed by atoms with Crippen molar-refractivity contribution in [2.75, 3.05) is 38.4 Å². The van der Waals surface area contributed by atoms with Gasteiger partial charge in [-0.3, -0.25) is 9.69 Å². The molecule has 0 bridgehead atoms. The van der Waals surface area contributed by atoms with Crippen LogP contribution < -0.4 is 10.1 Å². The molecule has 1 aliphatic rings. The number of hydrogen-bond donors (Lipinski definition) is 2. The second kappa shape index (κ2) is 14.9. The Labute approximate surface area is 250 Å². The van der Waals surface area contributed by atoms with Crippen molar-refractivity contribution in [2.24, 2.45) is 11.8 Å². The van der Waals surface area contributed by atoms with E-state index in [-0.39, 0.29) is 40.8 Å². The molecule has 1 aliphatic heterocycles. The number of nitrogens with one attached hydrogen (secondary N) is 1. The molecule has 3 atom stereocenters. The molecule has 1 heterocycles. The summed E-state index contributed by atoms with van der Waals surface area (Å²) in [7, 11) is -2.28. The molecule has 8 nitrogen and oxygen atoms in total. The summed E-state index contributed by atoms with van der Waals surface area (Å²) in [5.41, 5.74) is 0.836. The number of aliphatic hydroxyl groups excluding tert-OH is 1. The maximum atomic E-state index is 13.6. The van der Waals surface area contributed by atoms with Gasteiger partial charge in [-0.2, -0.15) is 4.31 Å². The zero-order chi connectivity index (χ0) is 30.2. The van der Waals surface area contributed by atoms with E-state index in [0.717, 1.165) is 23.6 Å². The minimum atomic E-state index is -3.82. The summed E-state index contributed by atoms with van der Waals surface area (Å²) in [6.45, 7) is 10.8. The first kappa shape index (κ1) is 33.4. The van der Waals surface area contributed by atoms with Gasteiger partial charge in [0.15, 0.2) is 0 Å². The number of benzene rings is 2. The standard InChI is InChI=1S/C31H47N3O5S2/c1-23(2)18-34(41(37,38)28-14-12-27(39-6)13-15-28)20-26(35)17-25(16-24-10-8-7-9-11-24)19-33-22-40-21-29(33)30(36)32-31(3,4)5/h7-15,23,25-26,29,35H,16-22H2,1-6H3,(H,32,36)/t25-,26-,29?/m0/s1. The number of nitrogens with zero attached hydrogens (tertiary/aromatic N) is 2. The molecular formula is C31H47N3O5S2. The highest BCUT2D eigenvalue weighted by molar-refractivity contribution is 7.99. The monoisotopic (exact) mass is 605 g/mol. The van der Waals surface area contributed by atoms with Gasteiger partial charge < -0.3 is 15.2 Å². The zero-order valence-corrected chi connectivity index (χ0v) is 26.9. The average molecular weight is 606 g/mol. The van der Waals surface area contributed by atoms with E-state index in [0.29, 0.717) is 25.3 Å². The molecule has 0 aliphatic carbocycles. The third kappa shape index (κ3) is 10.3. The van der Waals surface area contributed by atoms with E-state index < -0.39 is 16.1 Å². The van der Waals surface area contributed by atoms with Gasteiger partial charge in [0.2, 0.25) is 15.9 Å². The Hall–Kier alpha value is -2.11. The smallest absolute Gasteiger partial charge is 0.243 e. The van der Waals surface area contributed by atoms with Crippen LogP contribution in [-0.4, -0.2) is 84.7 Å². The number of thioether (sulfide) groups is 1. The summed E-state index contributed by atoms with van der Waals surface area (Å²) in [6, 6.07) is 16.2. The summed E-state index contributed by atoms with van der Waals surface area (Å²) in [6.07, 6.45) is 0.269. The molecule has 0 saturated carbocycles. The largest absolute Gasteiger partial charge is 0.497 e. The number of methoxy groups -OCH3 is 1. The third-order valence-corrected chi connectivity index (χ3v) is 9.83. The van der Waals surface area contributed by atoms with Crippen LogP contribution >= 0.6 is 11.8 Å². The normalized spacial score (nSPS) is 18.0. The van der Waals surface area contributed by atoms with E-state index in [1.165, 1.54) is 11.4 Å². The molecule has 10 heteroatoms. The fourth-order valence-corrected chi connectivity index (χ4v) is 7.97. The van der Waals surface area contributed by atoms with Gasteiger partial charge in [0.1, 0.15) is 5.75 Å². The van der Waals surface area contributed by atoms with E-state index in [2.05, 4.69) is 22.3 Å². The molecule has 1 fully saturated rings. The van der Waals surface area contributed by atoms with Crippen LogP contribution in [0.2, 0.25) is 0 Å². The summed E-state index contributed by atoms with van der Waals surface area (Å²) < 4.78 is 33.8. The molecule has 2 N–H and O–H groups in total. The van der Waals surface area contributed by atoms with Crippen LogP contribution in [0.5, 0.6) is 5.75 Å². The highest BCUT2D eigenvalue weighted by Gasteiger charge is 2.35. The van der Waals surface area contributed by atoms with Gasteiger partial charge in [-0.1, -0.05) is 44.2 Å². The molecule has 2 aromatic carbocycles. The quantitative estimate of drug-likeness (QED) is 0.332. The van der Waals surface area contributed by atoms with E-state index in [4.69, 9.17) is 4.74 Å². The Balaban J connectivity index is 1.78. The lowest BCUT2D eigenvalue weighted by Crippen LogP contribution is -2.52. The van der Waals surface area contributed by atoms with Crippen LogP contribution in [0, 0.1) is 11.8 Å². The summed E-state index contributed by atoms with van der Waals surface area (Å²) in [4.78, 5) is 15.4. The highest BCUT2D eigenvalue weighted by atomic mass is 32.2. The zero-order valence-electron chi connectivity index (χ0n) is 25.2. The van der Waals surface area contributed by atoms with Crippen molar-refractivity contribution in [3.05, 3.63) is 60.2 Å². The first-order chi connectivity index (χ1) is 19.3. The van der Waals surface area contributed by atoms with E-state index in [1.54, 1.807) is 36.0 Å². The molecule has 0 radical (unpaired) electrons. The number of rotatable bonds is 14. The van der Waals surface area contributed by atoms with Crippen molar-refractivity contribution in [3.8, 4) is 5.75 Å². The minimum Gasteiger partial charge on any atom is -0.497 e. The summed E-state index contributed by atoms with van der Waals surface area (Å²) in [5.74, 6) is 2.19. The molecule has 2 aromatic rings. The van der Waals surface area contributed by atoms with Crippen LogP contribution in [0.15, 0.2) is 59.5 Å². The number of carbonyl (C=O) groups excluding carboxylic acids is 1. The molecule has 3 rings (SSSR count). The predicted molar refractivity (Wildman–Crippen MR) is 167 cm³/mol. The van der Waals surface area contributed by atoms with E-state index in [1.807, 2.05) is 52.8 Å². The number of sulfonamides is 1. The SMILES string of the molecule is COc1ccc(S(=O)(=O)N(CC(C)C)C[C@@H](O)C[C@H](Cc2ccccc2)CN2CSCC2C(=O)NC(C)(C)C)cc1. The molecule has 0 spiro atoms. The number of carbonyl (C=O) groups is 1. The second-order valence-electron chi connectivity index (χ2n) is 12.4. The maximum Gasteiger partial charge on any atom is 0.243 e. The van der Waals surface area contributed by atoms with E-state index >= 15 is 0 Å². The van der Waals surface area contributed by atoms with Crippen LogP contribution in [0.1, 0.15) is 46.6 Å². The lowest BCUT2D eigenvalue weighted by molar-refractivity contribution is -0.126. The average Bonchev–Trinajstić information content (AvgIpc) is 3.36. The molecule has 0 aromatic heterocycles. The molecule has 1 unspecified atom stereocenters. The van der Waals surface area contributed by atoms with Gasteiger partial charge in [0.05, 0.1) is 24.2 Å². The van der Waals surface area contributed by atoms with Crippen molar-refractivity contribution < 1.29 is 23.1 Å². The Kier molecular flexibility index (Phi) is 12.1. The minimum absolute atomic E-state index is 0.000517. The fourth-order valence-electron chi connectivity index (χ4n) is 5.12. The number of hydrogen-bond acceptors (Lipinski definition) is 7. The topological polar surface area (TPSA) is 99.2 Å². The first-order valence-electron chi connectivity index (χ1n) is 14.3. The second-order valence-corrected chi connectivity index (χ2v) is 15.3. The molecule has 1 amide bonds. The first-order valence-corrected chi connectivity index (χ1v) is 16.9. The van der Waals surface area contributed by atoms with Crippen LogP contribution in [0.4, 0.5) is 0 Å². The summed E-state index contributed by atoms with van der Waals surface area (Å²) >= 11 is 1.74. The Bertz CT molecular complexity index is 1200. The van der Waals surface area contributed by atoms with Gasteiger partial charge in [-0.15, -0.1) is 11.8 Å². The summed E-state index contributed by atoms with van der Waals surface area (Å²) in [5, 5.41) is 14.5. The predicted octanol–water partition coefficient (Wildman–Crippen LogP) is 4.24. The van der Waals surface area contributed by atoms with Crippen molar-refractivity contribution in [3.63, 3.8) is 0 Å². The van der Waals surface area contributed by atoms with Gasteiger partial charge >= 0.3 is 0 Å². The van der Waals surface area contributed by atoms with Crippen LogP contribution in [0.25, 0.3) is 0 Å². The number of ether oxygens (including phenoxy) is 1. The van der Waals surface area contributed by atoms with Gasteiger partial charge in [-0.25, -0.2) is 8.42 Å². The van der Waals surface area contributed by atoms with Crippen LogP contribution in [-0.2, 0) is 21.2 Å². The Morgan fingerprint density at radius 1 is 1.12 bits per heavy atom. The lowest BCUT2D eigenvalue weighted by Gasteiger charge is -2.32. The van der Waals surface area contributed by atoms with Crippen molar-refractivity contribution >= 4 is 27.7 Å². The van der Waals surface area contributed by atoms with Crippen molar-refractivity contribution in [1.82, 2.24) is 14.5 Å². The van der Waals surface area contributed by atoms with Gasteiger partial charge in [0.25, 0.3) is 0 Å². The molecule has 228 valence electrons. The van der Waals surface area contributed by atoms with E-state index in [9.17, 15) is 18.3 Å². The molecule has 41 heavy (non-hydrogen) atoms. The number of amides is 1. The highest BCUT2D eigenvalue weighted by Crippen LogP contribution is 2.27. The maximum absolute atomic E-state index is 13.6. The van der Waals surface area contributed by atoms with Crippen LogP contribution in [0.3, 0.4) is 0 Å². The fraction of sp³-hybridized carbons (Fsp3) is 0.581. The third-order valence-electron chi connectivity index (χ3n) is 6.92. The van der Waals surface area contributed by atoms with Crippen molar-refractivity contribution in [2.45, 2.75) is 70.0 Å². The number of aliphatic hydroxyl groups is 1. The Morgan fingerprint density at radius 2 is 1.78 bits per heavy atom.